The Morgan fingerprint density at radius 1 is 1.56 bits per heavy atom. The first-order chi connectivity index (χ1) is 8.44. The number of carbonyl (C=O) groups is 1. The fourth-order valence-corrected chi connectivity index (χ4v) is 2.03. The summed E-state index contributed by atoms with van der Waals surface area (Å²) < 4.78 is 18.2. The van der Waals surface area contributed by atoms with Gasteiger partial charge in [0.05, 0.1) is 11.6 Å². The third-order valence-electron chi connectivity index (χ3n) is 3.06. The van der Waals surface area contributed by atoms with Gasteiger partial charge in [-0.3, -0.25) is 0 Å². The summed E-state index contributed by atoms with van der Waals surface area (Å²) in [5.74, 6) is -0.558. The van der Waals surface area contributed by atoms with Crippen LogP contribution in [0.3, 0.4) is 0 Å². The van der Waals surface area contributed by atoms with Gasteiger partial charge >= 0.3 is 6.09 Å². The topological polar surface area (TPSA) is 62.1 Å². The van der Waals surface area contributed by atoms with Gasteiger partial charge in [0.2, 0.25) is 0 Å². The largest absolute Gasteiger partial charge is 0.449 e. The fraction of sp³-hybridized carbons (Fsp3) is 0.385. The van der Waals surface area contributed by atoms with Crippen molar-refractivity contribution in [1.82, 2.24) is 5.32 Å². The summed E-state index contributed by atoms with van der Waals surface area (Å²) in [6.07, 6.45) is -0.498. The van der Waals surface area contributed by atoms with Gasteiger partial charge in [0.15, 0.2) is 0 Å². The number of hydrogen-bond donors (Lipinski definition) is 1. The van der Waals surface area contributed by atoms with Crippen LogP contribution in [-0.4, -0.2) is 12.7 Å². The quantitative estimate of drug-likeness (QED) is 0.830. The van der Waals surface area contributed by atoms with Crippen molar-refractivity contribution in [2.24, 2.45) is 5.41 Å². The number of rotatable bonds is 1. The molecule has 94 valence electrons. The second kappa shape index (κ2) is 4.30. The molecule has 1 aliphatic rings. The number of nitrogens with zero attached hydrogens (tertiary/aromatic N) is 1. The van der Waals surface area contributed by atoms with E-state index in [-0.39, 0.29) is 23.6 Å². The molecular weight excluding hydrogens is 235 g/mol. The van der Waals surface area contributed by atoms with E-state index in [2.05, 4.69) is 5.32 Å². The molecule has 1 N–H and O–H groups in total. The lowest BCUT2D eigenvalue weighted by Gasteiger charge is -2.38. The summed E-state index contributed by atoms with van der Waals surface area (Å²) in [6.45, 7) is 4.15. The summed E-state index contributed by atoms with van der Waals surface area (Å²) in [5.41, 5.74) is 0.358. The summed E-state index contributed by atoms with van der Waals surface area (Å²) >= 11 is 0. The molecule has 2 rings (SSSR count). The first-order valence-corrected chi connectivity index (χ1v) is 5.57. The number of carbonyl (C=O) groups excluding carboxylic acids is 1. The standard InChI is InChI=1S/C13H13FN2O2/c1-13(2)7-18-12(17)16-11(13)8-3-4-10(14)9(5-8)6-15/h3-5,11H,7H2,1-2H3,(H,16,17)/t11-/m1/s1. The van der Waals surface area contributed by atoms with E-state index >= 15 is 0 Å². The number of hydrogen-bond acceptors (Lipinski definition) is 3. The van der Waals surface area contributed by atoms with Crippen LogP contribution >= 0.6 is 0 Å². The van der Waals surface area contributed by atoms with E-state index in [0.29, 0.717) is 5.56 Å². The number of nitrogens with one attached hydrogen (secondary N) is 1. The fourth-order valence-electron chi connectivity index (χ4n) is 2.03. The molecule has 0 aromatic heterocycles. The van der Waals surface area contributed by atoms with Crippen LogP contribution in [0.5, 0.6) is 0 Å². The first-order valence-electron chi connectivity index (χ1n) is 5.57. The highest BCUT2D eigenvalue weighted by Gasteiger charge is 2.38. The Labute approximate surface area is 104 Å². The molecule has 1 atom stereocenters. The van der Waals surface area contributed by atoms with E-state index in [9.17, 15) is 9.18 Å². The molecule has 0 spiro atoms. The zero-order chi connectivity index (χ0) is 13.3. The van der Waals surface area contributed by atoms with Gasteiger partial charge in [0.1, 0.15) is 18.5 Å². The zero-order valence-electron chi connectivity index (χ0n) is 10.2. The summed E-state index contributed by atoms with van der Waals surface area (Å²) in [7, 11) is 0. The average Bonchev–Trinajstić information content (AvgIpc) is 2.33. The van der Waals surface area contributed by atoms with Crippen LogP contribution in [0.4, 0.5) is 9.18 Å². The molecule has 1 aromatic carbocycles. The minimum Gasteiger partial charge on any atom is -0.449 e. The van der Waals surface area contributed by atoms with E-state index in [0.717, 1.165) is 0 Å². The summed E-state index contributed by atoms with van der Waals surface area (Å²) in [5, 5.41) is 11.5. The molecule has 0 aliphatic carbocycles. The minimum absolute atomic E-state index is 0.0240. The van der Waals surface area contributed by atoms with Gasteiger partial charge in [-0.1, -0.05) is 19.9 Å². The highest BCUT2D eigenvalue weighted by Crippen LogP contribution is 2.36. The lowest BCUT2D eigenvalue weighted by molar-refractivity contribution is 0.0387. The Morgan fingerprint density at radius 2 is 2.28 bits per heavy atom. The van der Waals surface area contributed by atoms with Crippen molar-refractivity contribution < 1.29 is 13.9 Å². The monoisotopic (exact) mass is 248 g/mol. The van der Waals surface area contributed by atoms with E-state index in [4.69, 9.17) is 10.00 Å². The van der Waals surface area contributed by atoms with Crippen molar-refractivity contribution in [2.75, 3.05) is 6.61 Å². The lowest BCUT2D eigenvalue weighted by atomic mass is 9.80. The van der Waals surface area contributed by atoms with E-state index < -0.39 is 11.9 Å². The van der Waals surface area contributed by atoms with Crippen molar-refractivity contribution in [3.05, 3.63) is 35.1 Å². The molecule has 1 saturated heterocycles. The molecule has 0 saturated carbocycles. The van der Waals surface area contributed by atoms with Gasteiger partial charge < -0.3 is 10.1 Å². The maximum Gasteiger partial charge on any atom is 0.407 e. The Hall–Kier alpha value is -2.09. The highest BCUT2D eigenvalue weighted by atomic mass is 19.1. The Morgan fingerprint density at radius 3 is 2.94 bits per heavy atom. The maximum absolute atomic E-state index is 13.3. The average molecular weight is 248 g/mol. The molecule has 18 heavy (non-hydrogen) atoms. The number of cyclic esters (lactones) is 1. The van der Waals surface area contributed by atoms with Crippen LogP contribution in [-0.2, 0) is 4.74 Å². The van der Waals surface area contributed by atoms with Crippen molar-refractivity contribution in [1.29, 1.82) is 5.26 Å². The molecule has 0 radical (unpaired) electrons. The summed E-state index contributed by atoms with van der Waals surface area (Å²) in [4.78, 5) is 11.3. The number of benzene rings is 1. The van der Waals surface area contributed by atoms with Gasteiger partial charge in [-0.05, 0) is 17.7 Å². The van der Waals surface area contributed by atoms with Crippen LogP contribution in [0.1, 0.15) is 31.0 Å². The van der Waals surface area contributed by atoms with Gasteiger partial charge in [0.25, 0.3) is 0 Å². The predicted octanol–water partition coefficient (Wildman–Crippen LogP) is 2.50. The normalized spacial score (nSPS) is 21.7. The molecule has 0 unspecified atom stereocenters. The number of nitriles is 1. The Kier molecular flexibility index (Phi) is 2.95. The van der Waals surface area contributed by atoms with Crippen LogP contribution in [0.15, 0.2) is 18.2 Å². The number of amides is 1. The van der Waals surface area contributed by atoms with Crippen LogP contribution in [0.25, 0.3) is 0 Å². The zero-order valence-corrected chi connectivity index (χ0v) is 10.2. The Balaban J connectivity index is 2.41. The van der Waals surface area contributed by atoms with Gasteiger partial charge in [-0.25, -0.2) is 9.18 Å². The van der Waals surface area contributed by atoms with Crippen molar-refractivity contribution in [3.63, 3.8) is 0 Å². The van der Waals surface area contributed by atoms with Crippen molar-refractivity contribution in [3.8, 4) is 6.07 Å². The second-order valence-corrected chi connectivity index (χ2v) is 4.99. The van der Waals surface area contributed by atoms with Crippen molar-refractivity contribution in [2.45, 2.75) is 19.9 Å². The minimum atomic E-state index is -0.558. The second-order valence-electron chi connectivity index (χ2n) is 4.99. The molecule has 4 nitrogen and oxygen atoms in total. The van der Waals surface area contributed by atoms with Gasteiger partial charge in [-0.2, -0.15) is 5.26 Å². The molecular formula is C13H13FN2O2. The highest BCUT2D eigenvalue weighted by molar-refractivity contribution is 5.69. The Bertz CT molecular complexity index is 534. The smallest absolute Gasteiger partial charge is 0.407 e. The molecule has 1 aliphatic heterocycles. The van der Waals surface area contributed by atoms with Crippen LogP contribution in [0, 0.1) is 22.6 Å². The molecule has 1 heterocycles. The van der Waals surface area contributed by atoms with E-state index in [1.807, 2.05) is 13.8 Å². The number of halogens is 1. The van der Waals surface area contributed by atoms with Crippen LogP contribution in [0.2, 0.25) is 0 Å². The molecule has 1 fully saturated rings. The predicted molar refractivity (Wildman–Crippen MR) is 62.1 cm³/mol. The van der Waals surface area contributed by atoms with Gasteiger partial charge in [0, 0.05) is 5.41 Å². The van der Waals surface area contributed by atoms with Crippen molar-refractivity contribution >= 4 is 6.09 Å². The first kappa shape index (κ1) is 12.4. The lowest BCUT2D eigenvalue weighted by Crippen LogP contribution is -2.46. The van der Waals surface area contributed by atoms with E-state index in [1.165, 1.54) is 12.1 Å². The SMILES string of the molecule is CC1(C)COC(=O)N[C@@H]1c1ccc(F)c(C#N)c1. The maximum atomic E-state index is 13.3. The van der Waals surface area contributed by atoms with Gasteiger partial charge in [-0.15, -0.1) is 0 Å². The number of alkyl carbamates (subject to hydrolysis) is 1. The number of ether oxygens (including phenoxy) is 1. The molecule has 1 aromatic rings. The molecule has 5 heteroatoms. The summed E-state index contributed by atoms with van der Waals surface area (Å²) in [6, 6.07) is 5.78. The molecule has 0 bridgehead atoms. The third-order valence-corrected chi connectivity index (χ3v) is 3.06. The third kappa shape index (κ3) is 2.14. The van der Waals surface area contributed by atoms with E-state index in [1.54, 1.807) is 12.1 Å². The molecule has 1 amide bonds. The van der Waals surface area contributed by atoms with Crippen LogP contribution < -0.4 is 5.32 Å².